The smallest absolute Gasteiger partial charge is 0.268 e. The van der Waals surface area contributed by atoms with E-state index in [0.29, 0.717) is 38.3 Å². The Bertz CT molecular complexity index is 1030. The van der Waals surface area contributed by atoms with Gasteiger partial charge in [-0.2, -0.15) is 4.31 Å². The Morgan fingerprint density at radius 1 is 1.03 bits per heavy atom. The van der Waals surface area contributed by atoms with Gasteiger partial charge in [-0.3, -0.25) is 4.79 Å². The molecule has 0 bridgehead atoms. The maximum absolute atomic E-state index is 12.8. The highest BCUT2D eigenvalue weighted by atomic mass is 32.2. The van der Waals surface area contributed by atoms with Crippen molar-refractivity contribution >= 4 is 27.3 Å². The van der Waals surface area contributed by atoms with E-state index >= 15 is 0 Å². The third-order valence-corrected chi connectivity index (χ3v) is 7.20. The lowest BCUT2D eigenvalue weighted by Crippen LogP contribution is -2.46. The highest BCUT2D eigenvalue weighted by molar-refractivity contribution is 7.89. The second kappa shape index (κ2) is 8.55. The number of nitrogens with one attached hydrogen (secondary N) is 1. The lowest BCUT2D eigenvalue weighted by molar-refractivity contribution is -0.125. The van der Waals surface area contributed by atoms with Crippen LogP contribution in [0, 0.1) is 0 Å². The molecule has 2 aromatic carbocycles. The summed E-state index contributed by atoms with van der Waals surface area (Å²) in [4.78, 5) is 20.1. The zero-order chi connectivity index (χ0) is 21.1. The second-order valence-corrected chi connectivity index (χ2v) is 9.36. The first-order valence-electron chi connectivity index (χ1n) is 9.81. The number of benzene rings is 2. The molecular formula is C21H24N4O4S. The number of nitrogens with zero attached hydrogens (tertiary/aromatic N) is 3. The van der Waals surface area contributed by atoms with E-state index in [-0.39, 0.29) is 10.8 Å². The number of sulfonamides is 1. The molecule has 2 aliphatic heterocycles. The van der Waals surface area contributed by atoms with Gasteiger partial charge < -0.3 is 15.1 Å². The van der Waals surface area contributed by atoms with E-state index in [1.165, 1.54) is 16.4 Å². The van der Waals surface area contributed by atoms with Gasteiger partial charge >= 0.3 is 0 Å². The molecule has 9 heteroatoms. The van der Waals surface area contributed by atoms with Gasteiger partial charge in [-0.05, 0) is 36.9 Å². The molecule has 1 saturated heterocycles. The zero-order valence-corrected chi connectivity index (χ0v) is 17.5. The van der Waals surface area contributed by atoms with Crippen molar-refractivity contribution in [2.75, 3.05) is 38.5 Å². The molecule has 2 aliphatic rings. The molecular weight excluding hydrogens is 404 g/mol. The fraction of sp³-hybridized carbons (Fsp3) is 0.333. The quantitative estimate of drug-likeness (QED) is 0.784. The lowest BCUT2D eigenvalue weighted by Gasteiger charge is -2.31. The molecule has 1 unspecified atom stereocenters. The van der Waals surface area contributed by atoms with Crippen molar-refractivity contribution in [1.29, 1.82) is 0 Å². The van der Waals surface area contributed by atoms with Gasteiger partial charge in [0.25, 0.3) is 5.91 Å². The normalized spacial score (nSPS) is 20.4. The molecule has 0 aromatic heterocycles. The van der Waals surface area contributed by atoms with Crippen molar-refractivity contribution in [1.82, 2.24) is 9.21 Å². The first kappa shape index (κ1) is 20.5. The molecule has 30 heavy (non-hydrogen) atoms. The molecule has 8 nitrogen and oxygen atoms in total. The van der Waals surface area contributed by atoms with E-state index in [0.717, 1.165) is 11.3 Å². The van der Waals surface area contributed by atoms with Crippen molar-refractivity contribution in [3.63, 3.8) is 0 Å². The van der Waals surface area contributed by atoms with Gasteiger partial charge in [-0.1, -0.05) is 35.5 Å². The van der Waals surface area contributed by atoms with Crippen LogP contribution in [0.3, 0.4) is 0 Å². The van der Waals surface area contributed by atoms with Gasteiger partial charge in [0.2, 0.25) is 16.1 Å². The summed E-state index contributed by atoms with van der Waals surface area (Å²) >= 11 is 0. The van der Waals surface area contributed by atoms with E-state index in [9.17, 15) is 13.2 Å². The summed E-state index contributed by atoms with van der Waals surface area (Å²) in [7, 11) is -1.56. The number of hydrogen-bond donors (Lipinski definition) is 1. The molecule has 0 aliphatic carbocycles. The Kier molecular flexibility index (Phi) is 5.85. The third kappa shape index (κ3) is 4.38. The van der Waals surface area contributed by atoms with E-state index in [1.807, 2.05) is 37.4 Å². The number of piperazine rings is 1. The number of carbonyl (C=O) groups excluding carboxylic acids is 1. The number of hydrogen-bond acceptors (Lipinski definition) is 6. The van der Waals surface area contributed by atoms with Crippen molar-refractivity contribution < 1.29 is 18.0 Å². The van der Waals surface area contributed by atoms with Crippen molar-refractivity contribution in [3.05, 3.63) is 60.2 Å². The van der Waals surface area contributed by atoms with Crippen LogP contribution in [0.15, 0.2) is 64.6 Å². The van der Waals surface area contributed by atoms with Crippen LogP contribution in [0.5, 0.6) is 0 Å². The van der Waals surface area contributed by atoms with E-state index in [1.54, 1.807) is 12.1 Å². The minimum Gasteiger partial charge on any atom is -0.382 e. The predicted molar refractivity (Wildman–Crippen MR) is 114 cm³/mol. The summed E-state index contributed by atoms with van der Waals surface area (Å²) in [5.74, 6) is -0.320. The Labute approximate surface area is 176 Å². The van der Waals surface area contributed by atoms with Gasteiger partial charge in [-0.15, -0.1) is 0 Å². The number of rotatable bonds is 5. The number of amides is 1. The largest absolute Gasteiger partial charge is 0.382 e. The van der Waals surface area contributed by atoms with Gasteiger partial charge in [0.05, 0.1) is 10.6 Å². The van der Waals surface area contributed by atoms with E-state index in [4.69, 9.17) is 4.84 Å². The average Bonchev–Trinajstić information content (AvgIpc) is 3.26. The van der Waals surface area contributed by atoms with Crippen molar-refractivity contribution in [3.8, 4) is 0 Å². The second-order valence-electron chi connectivity index (χ2n) is 7.42. The summed E-state index contributed by atoms with van der Waals surface area (Å²) in [6, 6.07) is 15.8. The van der Waals surface area contributed by atoms with Crippen LogP contribution in [-0.4, -0.2) is 68.6 Å². The first-order chi connectivity index (χ1) is 14.4. The summed E-state index contributed by atoms with van der Waals surface area (Å²) in [6.07, 6.45) is -0.333. The fourth-order valence-corrected chi connectivity index (χ4v) is 4.85. The van der Waals surface area contributed by atoms with Crippen LogP contribution in [0.1, 0.15) is 12.0 Å². The summed E-state index contributed by atoms with van der Waals surface area (Å²) < 4.78 is 27.1. The molecule has 1 fully saturated rings. The molecule has 0 spiro atoms. The van der Waals surface area contributed by atoms with Crippen LogP contribution in [0.2, 0.25) is 0 Å². The Hall–Kier alpha value is -2.75. The fourth-order valence-electron chi connectivity index (χ4n) is 3.43. The molecule has 1 amide bonds. The van der Waals surface area contributed by atoms with Crippen LogP contribution in [0.4, 0.5) is 5.69 Å². The summed E-state index contributed by atoms with van der Waals surface area (Å²) in [5.41, 5.74) is 2.16. The van der Waals surface area contributed by atoms with Gasteiger partial charge in [0.1, 0.15) is 0 Å². The SMILES string of the molecule is CN1CCN(S(=O)(=O)c2ccc(NC(=O)C3CC(c4ccccc4)=NO3)cc2)CC1. The predicted octanol–water partition coefficient (Wildman–Crippen LogP) is 1.75. The Morgan fingerprint density at radius 3 is 2.37 bits per heavy atom. The highest BCUT2D eigenvalue weighted by Gasteiger charge is 2.30. The highest BCUT2D eigenvalue weighted by Crippen LogP contribution is 2.21. The molecule has 0 radical (unpaired) electrons. The zero-order valence-electron chi connectivity index (χ0n) is 16.7. The number of oxime groups is 1. The Morgan fingerprint density at radius 2 is 1.70 bits per heavy atom. The molecule has 158 valence electrons. The maximum atomic E-state index is 12.8. The number of carbonyl (C=O) groups is 1. The maximum Gasteiger partial charge on any atom is 0.268 e. The number of anilines is 1. The Balaban J connectivity index is 1.36. The summed E-state index contributed by atoms with van der Waals surface area (Å²) in [6.45, 7) is 2.36. The monoisotopic (exact) mass is 428 g/mol. The molecule has 2 heterocycles. The molecule has 4 rings (SSSR count). The van der Waals surface area contributed by atoms with Crippen LogP contribution in [0.25, 0.3) is 0 Å². The van der Waals surface area contributed by atoms with Gasteiger partial charge in [-0.25, -0.2) is 8.42 Å². The first-order valence-corrected chi connectivity index (χ1v) is 11.3. The van der Waals surface area contributed by atoms with Gasteiger partial charge in [0.15, 0.2) is 0 Å². The van der Waals surface area contributed by atoms with Crippen LogP contribution >= 0.6 is 0 Å². The van der Waals surface area contributed by atoms with Crippen LogP contribution in [-0.2, 0) is 19.7 Å². The third-order valence-electron chi connectivity index (χ3n) is 5.29. The van der Waals surface area contributed by atoms with E-state index < -0.39 is 16.1 Å². The topological polar surface area (TPSA) is 91.3 Å². The molecule has 1 atom stereocenters. The average molecular weight is 429 g/mol. The van der Waals surface area contributed by atoms with Crippen molar-refractivity contribution in [2.24, 2.45) is 5.16 Å². The van der Waals surface area contributed by atoms with Gasteiger partial charge in [0, 0.05) is 38.3 Å². The molecule has 2 aromatic rings. The minimum atomic E-state index is -3.53. The molecule has 0 saturated carbocycles. The lowest BCUT2D eigenvalue weighted by atomic mass is 10.0. The van der Waals surface area contributed by atoms with Crippen LogP contribution < -0.4 is 5.32 Å². The minimum absolute atomic E-state index is 0.219. The van der Waals surface area contributed by atoms with E-state index in [2.05, 4.69) is 15.4 Å². The number of likely N-dealkylation sites (N-methyl/N-ethyl adjacent to an activating group) is 1. The van der Waals surface area contributed by atoms with Crippen molar-refractivity contribution in [2.45, 2.75) is 17.4 Å². The standard InChI is InChI=1S/C21H24N4O4S/c1-24-11-13-25(14-12-24)30(27,28)18-9-7-17(8-10-18)22-21(26)20-15-19(23-29-20)16-5-3-2-4-6-16/h2-10,20H,11-15H2,1H3,(H,22,26). The molecule has 1 N–H and O–H groups in total. The summed E-state index contributed by atoms with van der Waals surface area (Å²) in [5, 5.41) is 6.79.